The van der Waals surface area contributed by atoms with Gasteiger partial charge in [0, 0.05) is 37.6 Å². The first kappa shape index (κ1) is 16.1. The number of likely N-dealkylation sites (tertiary alicyclic amines) is 1. The summed E-state index contributed by atoms with van der Waals surface area (Å²) in [5.41, 5.74) is 2.60. The van der Waals surface area contributed by atoms with Crippen molar-refractivity contribution >= 4 is 0 Å². The Labute approximate surface area is 139 Å². The Kier molecular flexibility index (Phi) is 5.36. The van der Waals surface area contributed by atoms with Crippen LogP contribution >= 0.6 is 0 Å². The summed E-state index contributed by atoms with van der Waals surface area (Å²) in [4.78, 5) is 2.58. The van der Waals surface area contributed by atoms with E-state index in [2.05, 4.69) is 58.4 Å². The van der Waals surface area contributed by atoms with Gasteiger partial charge in [0.2, 0.25) is 0 Å². The number of nitrogens with one attached hydrogen (secondary N) is 1. The van der Waals surface area contributed by atoms with Crippen LogP contribution in [0.25, 0.3) is 0 Å². The lowest BCUT2D eigenvalue weighted by Crippen LogP contribution is -2.34. The van der Waals surface area contributed by atoms with Crippen LogP contribution < -0.4 is 10.1 Å². The van der Waals surface area contributed by atoms with Gasteiger partial charge >= 0.3 is 0 Å². The molecule has 124 valence electrons. The standard InChI is InChI=1S/C19H27N3O/c1-21-11-7-8-16(21)14-20-15-18(22-12-5-6-13-22)17-9-3-4-10-19(17)23-2/h3-4,7-11,18,20H,5-6,12-15H2,1-2H3. The van der Waals surface area contributed by atoms with Gasteiger partial charge in [-0.2, -0.15) is 0 Å². The van der Waals surface area contributed by atoms with Crippen LogP contribution in [0, 0.1) is 0 Å². The molecular formula is C19H27N3O. The molecule has 0 radical (unpaired) electrons. The third kappa shape index (κ3) is 3.77. The molecule has 0 bridgehead atoms. The van der Waals surface area contributed by atoms with Gasteiger partial charge in [-0.3, -0.25) is 4.90 Å². The highest BCUT2D eigenvalue weighted by molar-refractivity contribution is 5.36. The molecule has 2 aromatic rings. The third-order valence-electron chi connectivity index (χ3n) is 4.77. The number of hydrogen-bond acceptors (Lipinski definition) is 3. The summed E-state index contributed by atoms with van der Waals surface area (Å²) >= 11 is 0. The first-order chi connectivity index (χ1) is 11.3. The first-order valence-electron chi connectivity index (χ1n) is 8.47. The Morgan fingerprint density at radius 3 is 2.61 bits per heavy atom. The lowest BCUT2D eigenvalue weighted by molar-refractivity contribution is 0.232. The highest BCUT2D eigenvalue weighted by Crippen LogP contribution is 2.31. The van der Waals surface area contributed by atoms with E-state index in [1.54, 1.807) is 7.11 Å². The Bertz CT molecular complexity index is 617. The molecule has 1 fully saturated rings. The van der Waals surface area contributed by atoms with Gasteiger partial charge in [0.15, 0.2) is 0 Å². The molecule has 1 unspecified atom stereocenters. The van der Waals surface area contributed by atoms with Gasteiger partial charge in [-0.05, 0) is 44.1 Å². The van der Waals surface area contributed by atoms with E-state index in [4.69, 9.17) is 4.74 Å². The molecule has 4 heteroatoms. The Hall–Kier alpha value is -1.78. The van der Waals surface area contributed by atoms with Crippen LogP contribution in [-0.2, 0) is 13.6 Å². The molecule has 1 aromatic heterocycles. The number of benzene rings is 1. The highest BCUT2D eigenvalue weighted by atomic mass is 16.5. The van der Waals surface area contributed by atoms with Crippen LogP contribution in [0.1, 0.15) is 30.1 Å². The summed E-state index contributed by atoms with van der Waals surface area (Å²) in [5, 5.41) is 3.64. The van der Waals surface area contributed by atoms with Crippen LogP contribution in [0.15, 0.2) is 42.6 Å². The highest BCUT2D eigenvalue weighted by Gasteiger charge is 2.25. The largest absolute Gasteiger partial charge is 0.496 e. The molecule has 23 heavy (non-hydrogen) atoms. The quantitative estimate of drug-likeness (QED) is 0.852. The van der Waals surface area contributed by atoms with E-state index in [1.165, 1.54) is 37.2 Å². The summed E-state index contributed by atoms with van der Waals surface area (Å²) in [6, 6.07) is 13.0. The van der Waals surface area contributed by atoms with Crippen molar-refractivity contribution in [3.05, 3.63) is 53.9 Å². The molecule has 1 aliphatic rings. The fourth-order valence-corrected chi connectivity index (χ4v) is 3.45. The fraction of sp³-hybridized carbons (Fsp3) is 0.474. The zero-order valence-electron chi connectivity index (χ0n) is 14.2. The number of para-hydroxylation sites is 1. The van der Waals surface area contributed by atoms with Crippen molar-refractivity contribution in [3.63, 3.8) is 0 Å². The van der Waals surface area contributed by atoms with E-state index in [0.717, 1.165) is 18.8 Å². The van der Waals surface area contributed by atoms with Crippen molar-refractivity contribution in [1.29, 1.82) is 0 Å². The SMILES string of the molecule is COc1ccccc1C(CNCc1cccn1C)N1CCCC1. The monoisotopic (exact) mass is 313 g/mol. The van der Waals surface area contributed by atoms with E-state index >= 15 is 0 Å². The van der Waals surface area contributed by atoms with E-state index in [9.17, 15) is 0 Å². The molecule has 1 aromatic carbocycles. The Balaban J connectivity index is 1.72. The average Bonchev–Trinajstić information content (AvgIpc) is 3.24. The predicted molar refractivity (Wildman–Crippen MR) is 93.7 cm³/mol. The maximum Gasteiger partial charge on any atom is 0.123 e. The molecule has 3 rings (SSSR count). The predicted octanol–water partition coefficient (Wildman–Crippen LogP) is 2.96. The van der Waals surface area contributed by atoms with Gasteiger partial charge in [0.05, 0.1) is 13.2 Å². The van der Waals surface area contributed by atoms with Crippen LogP contribution in [0.2, 0.25) is 0 Å². The second-order valence-electron chi connectivity index (χ2n) is 6.24. The summed E-state index contributed by atoms with van der Waals surface area (Å²) in [6.45, 7) is 4.18. The summed E-state index contributed by atoms with van der Waals surface area (Å²) in [7, 11) is 3.85. The van der Waals surface area contributed by atoms with Gasteiger partial charge in [0.25, 0.3) is 0 Å². The molecule has 2 heterocycles. The first-order valence-corrected chi connectivity index (χ1v) is 8.47. The number of methoxy groups -OCH3 is 1. The molecule has 0 spiro atoms. The zero-order chi connectivity index (χ0) is 16.1. The van der Waals surface area contributed by atoms with Crippen LogP contribution in [0.5, 0.6) is 5.75 Å². The van der Waals surface area contributed by atoms with Crippen molar-refractivity contribution in [2.45, 2.75) is 25.4 Å². The lowest BCUT2D eigenvalue weighted by atomic mass is 10.0. The minimum absolute atomic E-state index is 0.369. The van der Waals surface area contributed by atoms with E-state index in [0.29, 0.717) is 6.04 Å². The molecule has 0 aliphatic carbocycles. The van der Waals surface area contributed by atoms with Gasteiger partial charge in [-0.15, -0.1) is 0 Å². The van der Waals surface area contributed by atoms with Crippen molar-refractivity contribution in [2.24, 2.45) is 7.05 Å². The average molecular weight is 313 g/mol. The summed E-state index contributed by atoms with van der Waals surface area (Å²) < 4.78 is 7.77. The van der Waals surface area contributed by atoms with E-state index in [-0.39, 0.29) is 0 Å². The molecule has 1 N–H and O–H groups in total. The molecular weight excluding hydrogens is 286 g/mol. The minimum Gasteiger partial charge on any atom is -0.496 e. The fourth-order valence-electron chi connectivity index (χ4n) is 3.45. The molecule has 0 saturated carbocycles. The van der Waals surface area contributed by atoms with Crippen molar-refractivity contribution in [1.82, 2.24) is 14.8 Å². The van der Waals surface area contributed by atoms with Crippen molar-refractivity contribution < 1.29 is 4.74 Å². The molecule has 1 saturated heterocycles. The third-order valence-corrected chi connectivity index (χ3v) is 4.77. The van der Waals surface area contributed by atoms with Gasteiger partial charge in [0.1, 0.15) is 5.75 Å². The second kappa shape index (κ2) is 7.66. The smallest absolute Gasteiger partial charge is 0.123 e. The number of hydrogen-bond donors (Lipinski definition) is 1. The normalized spacial score (nSPS) is 16.6. The molecule has 1 aliphatic heterocycles. The van der Waals surface area contributed by atoms with Crippen molar-refractivity contribution in [3.8, 4) is 5.75 Å². The summed E-state index contributed by atoms with van der Waals surface area (Å²) in [5.74, 6) is 0.991. The zero-order valence-corrected chi connectivity index (χ0v) is 14.2. The van der Waals surface area contributed by atoms with Crippen LogP contribution in [-0.4, -0.2) is 36.2 Å². The van der Waals surface area contributed by atoms with Gasteiger partial charge in [-0.1, -0.05) is 18.2 Å². The number of aromatic nitrogens is 1. The number of nitrogens with zero attached hydrogens (tertiary/aromatic N) is 2. The Morgan fingerprint density at radius 1 is 1.13 bits per heavy atom. The van der Waals surface area contributed by atoms with Gasteiger partial charge < -0.3 is 14.6 Å². The number of aryl methyl sites for hydroxylation is 1. The Morgan fingerprint density at radius 2 is 1.91 bits per heavy atom. The van der Waals surface area contributed by atoms with E-state index in [1.807, 2.05) is 6.07 Å². The second-order valence-corrected chi connectivity index (χ2v) is 6.24. The summed E-state index contributed by atoms with van der Waals surface area (Å²) in [6.07, 6.45) is 4.68. The minimum atomic E-state index is 0.369. The maximum absolute atomic E-state index is 5.60. The van der Waals surface area contributed by atoms with Crippen LogP contribution in [0.4, 0.5) is 0 Å². The molecule has 1 atom stereocenters. The number of rotatable bonds is 7. The lowest BCUT2D eigenvalue weighted by Gasteiger charge is -2.29. The van der Waals surface area contributed by atoms with Crippen molar-refractivity contribution in [2.75, 3.05) is 26.7 Å². The van der Waals surface area contributed by atoms with E-state index < -0.39 is 0 Å². The maximum atomic E-state index is 5.60. The number of ether oxygens (including phenoxy) is 1. The topological polar surface area (TPSA) is 29.4 Å². The van der Waals surface area contributed by atoms with Gasteiger partial charge in [-0.25, -0.2) is 0 Å². The van der Waals surface area contributed by atoms with Crippen LogP contribution in [0.3, 0.4) is 0 Å². The molecule has 4 nitrogen and oxygen atoms in total. The molecule has 0 amide bonds.